The van der Waals surface area contributed by atoms with Crippen molar-refractivity contribution in [1.82, 2.24) is 0 Å². The third-order valence-corrected chi connectivity index (χ3v) is 2.74. The fraction of sp³-hybridized carbons (Fsp3) is 0.222. The molecule has 0 amide bonds. The topological polar surface area (TPSA) is 17.1 Å². The molecule has 0 aromatic heterocycles. The number of carbonyl (C=O) groups is 1. The maximum Gasteiger partial charge on any atom is 0.159 e. The van der Waals surface area contributed by atoms with Crippen LogP contribution in [0.1, 0.15) is 22.8 Å². The Morgan fingerprint density at radius 2 is 2.09 bits per heavy atom. The predicted molar refractivity (Wildman–Crippen MR) is 53.9 cm³/mol. The standard InChI is InChI=1S/C9H9IO/c1-6-3-4-8(7(2)11)5-9(6)10/h3-5H,1-2H3/i10+4. The minimum atomic E-state index is 0.128. The SMILES string of the molecule is CC(=O)c1ccc(C)c([131I])c1. The van der Waals surface area contributed by atoms with Crippen LogP contribution in [0.2, 0.25) is 0 Å². The number of hydrogen-bond donors (Lipinski definition) is 0. The van der Waals surface area contributed by atoms with Crippen LogP contribution < -0.4 is 0 Å². The van der Waals surface area contributed by atoms with E-state index < -0.39 is 0 Å². The molecule has 0 aliphatic rings. The molecule has 0 N–H and O–H groups in total. The van der Waals surface area contributed by atoms with Crippen molar-refractivity contribution in [3.63, 3.8) is 0 Å². The summed E-state index contributed by atoms with van der Waals surface area (Å²) in [5.74, 6) is 0.128. The number of ketones is 1. The molecule has 1 rings (SSSR count). The Labute approximate surface area is 79.9 Å². The monoisotopic (exact) mass is 264 g/mol. The number of aryl methyl sites for hydroxylation is 1. The highest BCUT2D eigenvalue weighted by atomic mass is 131. The van der Waals surface area contributed by atoms with Crippen molar-refractivity contribution in [3.8, 4) is 0 Å². The van der Waals surface area contributed by atoms with Crippen molar-refractivity contribution >= 4 is 28.4 Å². The third kappa shape index (κ3) is 2.02. The molecule has 1 aromatic rings. The van der Waals surface area contributed by atoms with Gasteiger partial charge in [-0.2, -0.15) is 0 Å². The Morgan fingerprint density at radius 1 is 1.45 bits per heavy atom. The molecular formula is C9H9IO. The van der Waals surface area contributed by atoms with E-state index in [1.165, 1.54) is 5.56 Å². The fourth-order valence-electron chi connectivity index (χ4n) is 0.812. The lowest BCUT2D eigenvalue weighted by molar-refractivity contribution is 0.101. The largest absolute Gasteiger partial charge is 0.295 e. The maximum atomic E-state index is 10.9. The molecular weight excluding hydrogens is 255 g/mol. The highest BCUT2D eigenvalue weighted by Crippen LogP contribution is 2.13. The zero-order valence-electron chi connectivity index (χ0n) is 6.52. The van der Waals surface area contributed by atoms with Crippen LogP contribution in [-0.2, 0) is 0 Å². The van der Waals surface area contributed by atoms with Gasteiger partial charge in [-0.3, -0.25) is 4.79 Å². The van der Waals surface area contributed by atoms with Gasteiger partial charge in [0.1, 0.15) is 0 Å². The van der Waals surface area contributed by atoms with Crippen LogP contribution in [-0.4, -0.2) is 5.78 Å². The van der Waals surface area contributed by atoms with E-state index in [1.54, 1.807) is 6.92 Å². The number of hydrogen-bond acceptors (Lipinski definition) is 1. The number of benzene rings is 1. The lowest BCUT2D eigenvalue weighted by Crippen LogP contribution is -1.92. The van der Waals surface area contributed by atoms with E-state index in [2.05, 4.69) is 22.6 Å². The van der Waals surface area contributed by atoms with E-state index in [9.17, 15) is 4.79 Å². The molecule has 1 nitrogen and oxygen atoms in total. The lowest BCUT2D eigenvalue weighted by atomic mass is 10.1. The lowest BCUT2D eigenvalue weighted by Gasteiger charge is -1.99. The second kappa shape index (κ2) is 3.34. The summed E-state index contributed by atoms with van der Waals surface area (Å²) in [6, 6.07) is 5.75. The summed E-state index contributed by atoms with van der Waals surface area (Å²) in [4.78, 5) is 10.9. The zero-order valence-corrected chi connectivity index (χ0v) is 8.68. The summed E-state index contributed by atoms with van der Waals surface area (Å²) in [7, 11) is 0. The highest BCUT2D eigenvalue weighted by molar-refractivity contribution is 14.1. The van der Waals surface area contributed by atoms with Crippen LogP contribution in [0.15, 0.2) is 18.2 Å². The summed E-state index contributed by atoms with van der Waals surface area (Å²) in [6.07, 6.45) is 0. The molecule has 2 heteroatoms. The normalized spacial score (nSPS) is 9.73. The predicted octanol–water partition coefficient (Wildman–Crippen LogP) is 2.80. The number of carbonyl (C=O) groups excluding carboxylic acids is 1. The van der Waals surface area contributed by atoms with Crippen molar-refractivity contribution in [2.45, 2.75) is 13.8 Å². The Kier molecular flexibility index (Phi) is 2.65. The van der Waals surface area contributed by atoms with Gasteiger partial charge in [0, 0.05) is 9.13 Å². The van der Waals surface area contributed by atoms with Crippen LogP contribution in [0.25, 0.3) is 0 Å². The molecule has 0 saturated heterocycles. The second-order valence-corrected chi connectivity index (χ2v) is 3.68. The van der Waals surface area contributed by atoms with Crippen molar-refractivity contribution in [1.29, 1.82) is 0 Å². The van der Waals surface area contributed by atoms with Gasteiger partial charge in [-0.05, 0) is 48.1 Å². The zero-order chi connectivity index (χ0) is 8.43. The van der Waals surface area contributed by atoms with Gasteiger partial charge in [0.25, 0.3) is 0 Å². The molecule has 0 fully saturated rings. The Hall–Kier alpha value is -0.380. The first-order valence-corrected chi connectivity index (χ1v) is 4.46. The van der Waals surface area contributed by atoms with Gasteiger partial charge in [-0.25, -0.2) is 0 Å². The summed E-state index contributed by atoms with van der Waals surface area (Å²) in [5.41, 5.74) is 2.01. The molecule has 0 bridgehead atoms. The molecule has 0 saturated carbocycles. The third-order valence-electron chi connectivity index (χ3n) is 1.58. The maximum absolute atomic E-state index is 10.9. The molecule has 11 heavy (non-hydrogen) atoms. The Morgan fingerprint density at radius 3 is 2.55 bits per heavy atom. The summed E-state index contributed by atoms with van der Waals surface area (Å²) < 4.78 is 1.15. The van der Waals surface area contributed by atoms with Gasteiger partial charge in [0.15, 0.2) is 5.78 Å². The first kappa shape index (κ1) is 8.71. The van der Waals surface area contributed by atoms with E-state index in [4.69, 9.17) is 0 Å². The van der Waals surface area contributed by atoms with Gasteiger partial charge in [-0.1, -0.05) is 12.1 Å². The molecule has 0 heterocycles. The van der Waals surface area contributed by atoms with E-state index in [0.29, 0.717) is 0 Å². The molecule has 0 unspecified atom stereocenters. The van der Waals surface area contributed by atoms with E-state index in [0.717, 1.165) is 9.13 Å². The van der Waals surface area contributed by atoms with Gasteiger partial charge < -0.3 is 0 Å². The van der Waals surface area contributed by atoms with Crippen LogP contribution >= 0.6 is 22.6 Å². The van der Waals surface area contributed by atoms with Gasteiger partial charge in [0.05, 0.1) is 0 Å². The molecule has 1 aromatic carbocycles. The van der Waals surface area contributed by atoms with Crippen molar-refractivity contribution in [2.24, 2.45) is 0 Å². The average molecular weight is 264 g/mol. The minimum absolute atomic E-state index is 0.128. The molecule has 0 aliphatic carbocycles. The average Bonchev–Trinajstić information content (AvgIpc) is 1.94. The fourth-order valence-corrected chi connectivity index (χ4v) is 1.33. The first-order chi connectivity index (χ1) is 5.11. The first-order valence-electron chi connectivity index (χ1n) is 3.38. The highest BCUT2D eigenvalue weighted by Gasteiger charge is 2.00. The molecule has 0 atom stereocenters. The van der Waals surface area contributed by atoms with E-state index in [-0.39, 0.29) is 5.78 Å². The number of rotatable bonds is 1. The van der Waals surface area contributed by atoms with Crippen LogP contribution in [0.4, 0.5) is 0 Å². The summed E-state index contributed by atoms with van der Waals surface area (Å²) in [6.45, 7) is 3.62. The molecule has 0 aliphatic heterocycles. The second-order valence-electron chi connectivity index (χ2n) is 2.52. The van der Waals surface area contributed by atoms with Crippen molar-refractivity contribution < 1.29 is 4.79 Å². The van der Waals surface area contributed by atoms with Crippen molar-refractivity contribution in [3.05, 3.63) is 32.9 Å². The minimum Gasteiger partial charge on any atom is -0.295 e. The quantitative estimate of drug-likeness (QED) is 0.563. The van der Waals surface area contributed by atoms with Crippen LogP contribution in [0.5, 0.6) is 0 Å². The Bertz CT molecular complexity index is 292. The van der Waals surface area contributed by atoms with Gasteiger partial charge in [0.2, 0.25) is 0 Å². The summed E-state index contributed by atoms with van der Waals surface area (Å²) in [5, 5.41) is 0. The van der Waals surface area contributed by atoms with Crippen LogP contribution in [0, 0.1) is 10.5 Å². The molecule has 0 radical (unpaired) electrons. The number of halogens is 1. The Balaban J connectivity index is 3.15. The number of Topliss-reactive ketones (excluding diaryl/α,β-unsaturated/α-hetero) is 1. The van der Waals surface area contributed by atoms with Gasteiger partial charge >= 0.3 is 0 Å². The van der Waals surface area contributed by atoms with Crippen LogP contribution in [0.3, 0.4) is 0 Å². The smallest absolute Gasteiger partial charge is 0.159 e. The van der Waals surface area contributed by atoms with Gasteiger partial charge in [-0.15, -0.1) is 0 Å². The summed E-state index contributed by atoms with van der Waals surface area (Å²) >= 11 is 2.23. The molecule has 0 spiro atoms. The van der Waals surface area contributed by atoms with E-state index in [1.807, 2.05) is 25.1 Å². The molecule has 58 valence electrons. The van der Waals surface area contributed by atoms with E-state index >= 15 is 0 Å². The van der Waals surface area contributed by atoms with Crippen molar-refractivity contribution in [2.75, 3.05) is 0 Å².